The van der Waals surface area contributed by atoms with Crippen LogP contribution in [-0.4, -0.2) is 20.9 Å². The Balaban J connectivity index is 1.57. The number of nitrogens with one attached hydrogen (secondary N) is 1. The second-order valence-electron chi connectivity index (χ2n) is 10.0. The van der Waals surface area contributed by atoms with Gasteiger partial charge in [0.1, 0.15) is 5.82 Å². The zero-order valence-corrected chi connectivity index (χ0v) is 20.9. The average Bonchev–Trinajstić information content (AvgIpc) is 3.39. The molecule has 0 bridgehead atoms. The van der Waals surface area contributed by atoms with Gasteiger partial charge in [0.2, 0.25) is 5.91 Å². The van der Waals surface area contributed by atoms with Gasteiger partial charge in [-0.05, 0) is 85.5 Å². The van der Waals surface area contributed by atoms with Crippen LogP contribution >= 0.6 is 0 Å². The summed E-state index contributed by atoms with van der Waals surface area (Å²) in [5, 5.41) is 0. The minimum atomic E-state index is -4.58. The van der Waals surface area contributed by atoms with Crippen LogP contribution in [0.1, 0.15) is 30.5 Å². The van der Waals surface area contributed by atoms with Crippen molar-refractivity contribution in [3.05, 3.63) is 95.8 Å². The Kier molecular flexibility index (Phi) is 5.21. The summed E-state index contributed by atoms with van der Waals surface area (Å²) < 4.78 is 42.4. The van der Waals surface area contributed by atoms with Crippen molar-refractivity contribution in [2.24, 2.45) is 0 Å². The predicted molar refractivity (Wildman–Crippen MR) is 141 cm³/mol. The zero-order chi connectivity index (χ0) is 26.8. The number of pyridine rings is 1. The monoisotopic (exact) mass is 512 g/mol. The molecule has 1 aliphatic rings. The molecule has 38 heavy (non-hydrogen) atoms. The van der Waals surface area contributed by atoms with Crippen molar-refractivity contribution in [2.75, 3.05) is 4.90 Å². The fourth-order valence-electron chi connectivity index (χ4n) is 5.27. The summed E-state index contributed by atoms with van der Waals surface area (Å²) in [6.45, 7) is 5.58. The molecule has 0 fully saturated rings. The Labute approximate surface area is 217 Å². The third kappa shape index (κ3) is 3.67. The first-order valence-corrected chi connectivity index (χ1v) is 12.1. The molecule has 0 unspecified atom stereocenters. The number of alkyl halides is 3. The minimum absolute atomic E-state index is 0.0484. The van der Waals surface area contributed by atoms with Gasteiger partial charge >= 0.3 is 6.18 Å². The Morgan fingerprint density at radius 2 is 1.76 bits per heavy atom. The Bertz CT molecular complexity index is 1720. The lowest BCUT2D eigenvalue weighted by Crippen LogP contribution is -2.33. The zero-order valence-electron chi connectivity index (χ0n) is 20.9. The maximum absolute atomic E-state index is 14.1. The molecule has 1 N–H and O–H groups in total. The topological polar surface area (TPSA) is 61.9 Å². The van der Waals surface area contributed by atoms with E-state index in [1.807, 2.05) is 57.2 Å². The number of hydrogen-bond donors (Lipinski definition) is 1. The molecular formula is C30H23F3N4O. The number of aromatic nitrogens is 3. The number of rotatable bonds is 3. The van der Waals surface area contributed by atoms with Crippen molar-refractivity contribution in [1.29, 1.82) is 0 Å². The van der Waals surface area contributed by atoms with E-state index in [4.69, 9.17) is 0 Å². The number of fused-ring (bicyclic) bond motifs is 2. The summed E-state index contributed by atoms with van der Waals surface area (Å²) in [6.07, 6.45) is -1.32. The van der Waals surface area contributed by atoms with E-state index in [2.05, 4.69) is 15.0 Å². The van der Waals surface area contributed by atoms with Crippen molar-refractivity contribution in [1.82, 2.24) is 15.0 Å². The highest BCUT2D eigenvalue weighted by Gasteiger charge is 2.46. The molecule has 0 spiro atoms. The lowest BCUT2D eigenvalue weighted by molar-refractivity contribution is -0.137. The molecule has 0 saturated heterocycles. The fraction of sp³-hybridized carbons (Fsp3) is 0.167. The molecule has 5 nitrogen and oxygen atoms in total. The molecule has 1 amide bonds. The van der Waals surface area contributed by atoms with E-state index in [0.29, 0.717) is 33.5 Å². The number of carbonyl (C=O) groups is 1. The number of aryl methyl sites for hydroxylation is 1. The highest BCUT2D eigenvalue weighted by atomic mass is 19.4. The summed E-state index contributed by atoms with van der Waals surface area (Å²) in [4.78, 5) is 26.9. The lowest BCUT2D eigenvalue weighted by atomic mass is 9.81. The van der Waals surface area contributed by atoms with E-state index in [1.54, 1.807) is 29.4 Å². The highest BCUT2D eigenvalue weighted by Crippen LogP contribution is 2.50. The van der Waals surface area contributed by atoms with Crippen LogP contribution in [0.5, 0.6) is 0 Å². The van der Waals surface area contributed by atoms with Crippen LogP contribution in [0.25, 0.3) is 33.5 Å². The third-order valence-electron chi connectivity index (χ3n) is 7.08. The van der Waals surface area contributed by atoms with Gasteiger partial charge in [0.25, 0.3) is 0 Å². The maximum atomic E-state index is 14.1. The molecule has 3 aromatic carbocycles. The van der Waals surface area contributed by atoms with E-state index in [-0.39, 0.29) is 17.3 Å². The molecule has 3 heterocycles. The second-order valence-corrected chi connectivity index (χ2v) is 10.0. The number of halogens is 3. The standard InChI is InChI=1S/C30H23F3N4O/c1-17-9-12-23-24(14-17)36-27(35-23)21-15-18(10-11-22(21)30(31,32)33)20-7-4-8-25-26(20)29(2,3)28(38)37(25)19-6-5-13-34-16-19/h4-16H,1-3H3,(H,35,36). The van der Waals surface area contributed by atoms with Crippen molar-refractivity contribution >= 4 is 28.3 Å². The molecule has 0 aliphatic carbocycles. The molecule has 0 saturated carbocycles. The van der Waals surface area contributed by atoms with Gasteiger partial charge in [0, 0.05) is 11.8 Å². The summed E-state index contributed by atoms with van der Waals surface area (Å²) in [6, 6.07) is 18.6. The number of amides is 1. The number of hydrogen-bond acceptors (Lipinski definition) is 3. The smallest absolute Gasteiger partial charge is 0.338 e. The Morgan fingerprint density at radius 3 is 2.50 bits per heavy atom. The number of imidazole rings is 1. The van der Waals surface area contributed by atoms with E-state index in [9.17, 15) is 18.0 Å². The normalized spacial score (nSPS) is 14.8. The average molecular weight is 513 g/mol. The van der Waals surface area contributed by atoms with Crippen LogP contribution in [0.4, 0.5) is 24.5 Å². The quantitative estimate of drug-likeness (QED) is 0.271. The van der Waals surface area contributed by atoms with Crippen molar-refractivity contribution in [3.63, 3.8) is 0 Å². The molecule has 2 aromatic heterocycles. The van der Waals surface area contributed by atoms with E-state index >= 15 is 0 Å². The number of carbonyl (C=O) groups excluding carboxylic acids is 1. The van der Waals surface area contributed by atoms with Crippen LogP contribution in [0.15, 0.2) is 79.1 Å². The first-order chi connectivity index (χ1) is 18.1. The summed E-state index contributed by atoms with van der Waals surface area (Å²) in [7, 11) is 0. The van der Waals surface area contributed by atoms with Gasteiger partial charge in [-0.2, -0.15) is 13.2 Å². The van der Waals surface area contributed by atoms with Crippen LogP contribution in [0, 0.1) is 6.92 Å². The highest BCUT2D eigenvalue weighted by molar-refractivity contribution is 6.14. The number of aromatic amines is 1. The van der Waals surface area contributed by atoms with Crippen molar-refractivity contribution < 1.29 is 18.0 Å². The number of benzene rings is 3. The molecule has 190 valence electrons. The second kappa shape index (κ2) is 8.28. The van der Waals surface area contributed by atoms with E-state index in [0.717, 1.165) is 17.2 Å². The molecule has 0 atom stereocenters. The minimum Gasteiger partial charge on any atom is -0.338 e. The van der Waals surface area contributed by atoms with Gasteiger partial charge in [-0.25, -0.2) is 4.98 Å². The van der Waals surface area contributed by atoms with Gasteiger partial charge in [-0.3, -0.25) is 14.7 Å². The summed E-state index contributed by atoms with van der Waals surface area (Å²) in [5.41, 5.74) is 3.80. The van der Waals surface area contributed by atoms with Gasteiger partial charge in [0.15, 0.2) is 0 Å². The lowest BCUT2D eigenvalue weighted by Gasteiger charge is -2.21. The summed E-state index contributed by atoms with van der Waals surface area (Å²) in [5.74, 6) is 0.00686. The maximum Gasteiger partial charge on any atom is 0.417 e. The van der Waals surface area contributed by atoms with E-state index < -0.39 is 17.2 Å². The van der Waals surface area contributed by atoms with E-state index in [1.165, 1.54) is 12.1 Å². The molecule has 5 aromatic rings. The van der Waals surface area contributed by atoms with Crippen molar-refractivity contribution in [2.45, 2.75) is 32.4 Å². The van der Waals surface area contributed by atoms with Gasteiger partial charge in [-0.15, -0.1) is 0 Å². The first kappa shape index (κ1) is 23.9. The molecule has 0 radical (unpaired) electrons. The van der Waals surface area contributed by atoms with Gasteiger partial charge in [-0.1, -0.05) is 24.3 Å². The summed E-state index contributed by atoms with van der Waals surface area (Å²) >= 11 is 0. The number of H-pyrrole nitrogens is 1. The Morgan fingerprint density at radius 1 is 0.947 bits per heavy atom. The fourth-order valence-corrected chi connectivity index (χ4v) is 5.27. The first-order valence-electron chi connectivity index (χ1n) is 12.1. The van der Waals surface area contributed by atoms with Gasteiger partial charge in [0.05, 0.1) is 39.6 Å². The van der Waals surface area contributed by atoms with Crippen LogP contribution < -0.4 is 4.90 Å². The van der Waals surface area contributed by atoms with Crippen LogP contribution in [0.2, 0.25) is 0 Å². The van der Waals surface area contributed by atoms with Crippen LogP contribution in [0.3, 0.4) is 0 Å². The molecular weight excluding hydrogens is 489 g/mol. The Hall–Kier alpha value is -4.46. The van der Waals surface area contributed by atoms with Crippen LogP contribution in [-0.2, 0) is 16.4 Å². The SMILES string of the molecule is Cc1ccc2nc(-c3cc(-c4cccc5c4C(C)(C)C(=O)N5c4cccnc4)ccc3C(F)(F)F)[nH]c2c1. The third-order valence-corrected chi connectivity index (χ3v) is 7.08. The molecule has 8 heteroatoms. The molecule has 1 aliphatic heterocycles. The number of anilines is 2. The van der Waals surface area contributed by atoms with Gasteiger partial charge < -0.3 is 4.98 Å². The predicted octanol–water partition coefficient (Wildman–Crippen LogP) is 7.58. The largest absolute Gasteiger partial charge is 0.417 e. The van der Waals surface area contributed by atoms with Crippen molar-refractivity contribution in [3.8, 4) is 22.5 Å². The number of nitrogens with zero attached hydrogens (tertiary/aromatic N) is 3. The molecule has 6 rings (SSSR count).